The average Bonchev–Trinajstić information content (AvgIpc) is 2.64. The van der Waals surface area contributed by atoms with Gasteiger partial charge in [0.05, 0.1) is 5.41 Å². The molecule has 15 heavy (non-hydrogen) atoms. The highest BCUT2D eigenvalue weighted by Gasteiger charge is 2.55. The Hall–Kier alpha value is 0.710. The van der Waals surface area contributed by atoms with Crippen LogP contribution in [0.15, 0.2) is 0 Å². The molecular formula is C10H10S5. The predicted molar refractivity (Wildman–Crippen MR) is 84.0 cm³/mol. The Morgan fingerprint density at radius 1 is 1.07 bits per heavy atom. The molecule has 0 aromatic rings. The van der Waals surface area contributed by atoms with Gasteiger partial charge in [-0.1, -0.05) is 48.9 Å². The van der Waals surface area contributed by atoms with E-state index in [2.05, 4.69) is 12.6 Å². The maximum Gasteiger partial charge on any atom is 0.0954 e. The highest BCUT2D eigenvalue weighted by atomic mass is 32.1. The molecule has 0 heterocycles. The Labute approximate surface area is 117 Å². The van der Waals surface area contributed by atoms with Crippen LogP contribution in [0, 0.1) is 11.3 Å². The molecule has 1 unspecified atom stereocenters. The molecule has 0 N–H and O–H groups in total. The normalized spacial score (nSPS) is 29.5. The summed E-state index contributed by atoms with van der Waals surface area (Å²) in [7, 11) is 0. The van der Waals surface area contributed by atoms with Crippen molar-refractivity contribution in [3.05, 3.63) is 0 Å². The Morgan fingerprint density at radius 2 is 1.60 bits per heavy atom. The van der Waals surface area contributed by atoms with Gasteiger partial charge in [-0.15, -0.1) is 0 Å². The maximum atomic E-state index is 5.53. The molecule has 2 aliphatic rings. The molecule has 1 atom stereocenters. The lowest BCUT2D eigenvalue weighted by atomic mass is 9.83. The fourth-order valence-corrected chi connectivity index (χ4v) is 5.24. The summed E-state index contributed by atoms with van der Waals surface area (Å²) in [4.78, 5) is 3.78. The first-order chi connectivity index (χ1) is 7.05. The van der Waals surface area contributed by atoms with Crippen LogP contribution >= 0.6 is 61.5 Å². The van der Waals surface area contributed by atoms with Crippen molar-refractivity contribution in [2.24, 2.45) is 11.3 Å². The first-order valence-corrected chi connectivity index (χ1v) is 7.06. The van der Waals surface area contributed by atoms with Gasteiger partial charge in [-0.3, -0.25) is 0 Å². The first kappa shape index (κ1) is 12.2. The van der Waals surface area contributed by atoms with Crippen LogP contribution in [0.25, 0.3) is 0 Å². The van der Waals surface area contributed by atoms with Crippen LogP contribution < -0.4 is 0 Å². The fourth-order valence-electron chi connectivity index (χ4n) is 2.40. The van der Waals surface area contributed by atoms with Gasteiger partial charge in [0, 0.05) is 25.4 Å². The molecule has 0 aromatic heterocycles. The molecule has 0 bridgehead atoms. The summed E-state index contributed by atoms with van der Waals surface area (Å²) in [6, 6.07) is 0. The topological polar surface area (TPSA) is 0 Å². The van der Waals surface area contributed by atoms with E-state index >= 15 is 0 Å². The fraction of sp³-hybridized carbons (Fsp3) is 0.600. The van der Waals surface area contributed by atoms with Crippen molar-refractivity contribution in [3.63, 3.8) is 0 Å². The van der Waals surface area contributed by atoms with Crippen molar-refractivity contribution in [3.8, 4) is 0 Å². The lowest BCUT2D eigenvalue weighted by Gasteiger charge is -2.25. The van der Waals surface area contributed by atoms with Gasteiger partial charge >= 0.3 is 0 Å². The molecule has 1 spiro atoms. The molecule has 5 heteroatoms. The third-order valence-corrected chi connectivity index (χ3v) is 5.80. The number of hydrogen-bond donors (Lipinski definition) is 1. The summed E-state index contributed by atoms with van der Waals surface area (Å²) in [6.07, 6.45) is 2.57. The highest BCUT2D eigenvalue weighted by molar-refractivity contribution is 7.86. The summed E-state index contributed by atoms with van der Waals surface area (Å²) in [5, 5.41) is 0. The minimum atomic E-state index is -0.428. The minimum Gasteiger partial charge on any atom is -0.179 e. The van der Waals surface area contributed by atoms with E-state index in [1.54, 1.807) is 0 Å². The van der Waals surface area contributed by atoms with E-state index in [0.717, 1.165) is 44.5 Å². The van der Waals surface area contributed by atoms with Crippen molar-refractivity contribution < 1.29 is 0 Å². The summed E-state index contributed by atoms with van der Waals surface area (Å²) in [5.74, 6) is 1.02. The summed E-state index contributed by atoms with van der Waals surface area (Å²) in [6.45, 7) is 0. The summed E-state index contributed by atoms with van der Waals surface area (Å²) < 4.78 is 0. The van der Waals surface area contributed by atoms with Gasteiger partial charge in [-0.05, 0) is 25.0 Å². The summed E-state index contributed by atoms with van der Waals surface area (Å²) >= 11 is 26.2. The Bertz CT molecular complexity index is 365. The highest BCUT2D eigenvalue weighted by Crippen LogP contribution is 2.46. The smallest absolute Gasteiger partial charge is 0.0954 e. The minimum absolute atomic E-state index is 0.282. The molecule has 0 radical (unpaired) electrons. The number of rotatable bonds is 1. The van der Waals surface area contributed by atoms with E-state index in [-0.39, 0.29) is 5.92 Å². The van der Waals surface area contributed by atoms with Crippen LogP contribution in [-0.4, -0.2) is 25.2 Å². The zero-order chi connectivity index (χ0) is 11.2. The average molecular weight is 291 g/mol. The second-order valence-electron chi connectivity index (χ2n) is 3.97. The maximum absolute atomic E-state index is 5.53. The second-order valence-corrected chi connectivity index (χ2v) is 6.25. The molecule has 0 aromatic carbocycles. The van der Waals surface area contributed by atoms with Gasteiger partial charge < -0.3 is 0 Å². The van der Waals surface area contributed by atoms with E-state index in [9.17, 15) is 0 Å². The lowest BCUT2D eigenvalue weighted by molar-refractivity contribution is 0.876. The van der Waals surface area contributed by atoms with Gasteiger partial charge in [0.1, 0.15) is 0 Å². The summed E-state index contributed by atoms with van der Waals surface area (Å²) in [5.41, 5.74) is -0.428. The van der Waals surface area contributed by atoms with Crippen molar-refractivity contribution in [2.45, 2.75) is 19.3 Å². The molecule has 0 aliphatic heterocycles. The van der Waals surface area contributed by atoms with Gasteiger partial charge in [0.2, 0.25) is 0 Å². The van der Waals surface area contributed by atoms with Crippen molar-refractivity contribution in [1.29, 1.82) is 0 Å². The van der Waals surface area contributed by atoms with Crippen LogP contribution in [0.2, 0.25) is 0 Å². The molecular weight excluding hydrogens is 280 g/mol. The van der Waals surface area contributed by atoms with Gasteiger partial charge in [-0.25, -0.2) is 0 Å². The zero-order valence-corrected chi connectivity index (χ0v) is 12.1. The van der Waals surface area contributed by atoms with Crippen LogP contribution in [0.3, 0.4) is 0 Å². The van der Waals surface area contributed by atoms with E-state index < -0.39 is 5.41 Å². The van der Waals surface area contributed by atoms with E-state index in [1.807, 2.05) is 0 Å². The molecule has 2 rings (SSSR count). The van der Waals surface area contributed by atoms with E-state index in [0.29, 0.717) is 0 Å². The Morgan fingerprint density at radius 3 is 2.00 bits per heavy atom. The van der Waals surface area contributed by atoms with Crippen LogP contribution in [0.5, 0.6) is 0 Å². The number of thiocarbonyl (C=S) groups is 4. The SMILES string of the molecule is S=C1CCC(=S)C12C(=S)CC(CS)C2=S. The van der Waals surface area contributed by atoms with Crippen molar-refractivity contribution in [2.75, 3.05) is 5.75 Å². The van der Waals surface area contributed by atoms with Crippen LogP contribution in [0.4, 0.5) is 0 Å². The van der Waals surface area contributed by atoms with E-state index in [4.69, 9.17) is 48.9 Å². The van der Waals surface area contributed by atoms with Crippen molar-refractivity contribution >= 4 is 81.0 Å². The molecule has 2 fully saturated rings. The number of thiol groups is 1. The second kappa shape index (κ2) is 4.18. The predicted octanol–water partition coefficient (Wildman–Crippen LogP) is 3.20. The molecule has 80 valence electrons. The Balaban J connectivity index is 2.52. The van der Waals surface area contributed by atoms with Crippen LogP contribution in [-0.2, 0) is 0 Å². The third kappa shape index (κ3) is 1.51. The largest absolute Gasteiger partial charge is 0.179 e. The third-order valence-electron chi connectivity index (χ3n) is 3.23. The monoisotopic (exact) mass is 290 g/mol. The molecule has 0 nitrogen and oxygen atoms in total. The standard InChI is InChI=1S/C10H10S5/c11-4-5-3-8(14)10(9(5)15)6(12)1-2-7(10)13/h5,11H,1-4H2. The molecule has 2 aliphatic carbocycles. The van der Waals surface area contributed by atoms with Gasteiger partial charge in [0.25, 0.3) is 0 Å². The first-order valence-electron chi connectivity index (χ1n) is 4.80. The number of hydrogen-bond acceptors (Lipinski definition) is 5. The molecule has 0 amide bonds. The van der Waals surface area contributed by atoms with Crippen LogP contribution in [0.1, 0.15) is 19.3 Å². The quantitative estimate of drug-likeness (QED) is 0.581. The van der Waals surface area contributed by atoms with Crippen molar-refractivity contribution in [1.82, 2.24) is 0 Å². The molecule has 2 saturated carbocycles. The Kier molecular flexibility index (Phi) is 3.40. The van der Waals surface area contributed by atoms with Gasteiger partial charge in [-0.2, -0.15) is 12.6 Å². The lowest BCUT2D eigenvalue weighted by Crippen LogP contribution is -2.41. The van der Waals surface area contributed by atoms with E-state index in [1.165, 1.54) is 0 Å². The molecule has 0 saturated heterocycles. The zero-order valence-electron chi connectivity index (χ0n) is 7.99. The van der Waals surface area contributed by atoms with Gasteiger partial charge in [0.15, 0.2) is 0 Å².